The van der Waals surface area contributed by atoms with Crippen LogP contribution < -0.4 is 0 Å². The molecule has 0 atom stereocenters. The number of hydrogen-bond acceptors (Lipinski definition) is 2. The summed E-state index contributed by atoms with van der Waals surface area (Å²) in [5.41, 5.74) is -1.99. The number of benzene rings is 1. The van der Waals surface area contributed by atoms with Gasteiger partial charge in [-0.15, -0.1) is 0 Å². The van der Waals surface area contributed by atoms with E-state index in [2.05, 4.69) is 4.74 Å². The molecule has 6 heteroatoms. The van der Waals surface area contributed by atoms with Gasteiger partial charge in [0, 0.05) is 0 Å². The number of esters is 1. The highest BCUT2D eigenvalue weighted by molar-refractivity contribution is 5.91. The van der Waals surface area contributed by atoms with Crippen LogP contribution >= 0.6 is 0 Å². The molecule has 1 rings (SSSR count). The smallest absolute Gasteiger partial charge is 0.417 e. The summed E-state index contributed by atoms with van der Waals surface area (Å²) >= 11 is 0. The van der Waals surface area contributed by atoms with E-state index in [1.165, 1.54) is 0 Å². The Kier molecular flexibility index (Phi) is 4.09. The van der Waals surface area contributed by atoms with Crippen LogP contribution in [-0.2, 0) is 10.9 Å². The van der Waals surface area contributed by atoms with Gasteiger partial charge in [-0.3, -0.25) is 0 Å². The molecule has 0 aromatic heterocycles. The Morgan fingerprint density at radius 1 is 1.35 bits per heavy atom. The average Bonchev–Trinajstić information content (AvgIpc) is 2.24. The third-order valence-electron chi connectivity index (χ3n) is 1.94. The number of alkyl halides is 3. The number of halogens is 4. The Balaban J connectivity index is 3.11. The summed E-state index contributed by atoms with van der Waals surface area (Å²) in [5, 5.41) is 0. The minimum absolute atomic E-state index is 0.0213. The van der Waals surface area contributed by atoms with E-state index in [4.69, 9.17) is 0 Å². The molecule has 1 aromatic rings. The molecular formula is C11H10F4O2. The minimum Gasteiger partial charge on any atom is -0.462 e. The van der Waals surface area contributed by atoms with Crippen molar-refractivity contribution >= 4 is 5.97 Å². The van der Waals surface area contributed by atoms with Crippen LogP contribution in [0.4, 0.5) is 17.6 Å². The van der Waals surface area contributed by atoms with Crippen LogP contribution in [0.5, 0.6) is 0 Å². The molecule has 0 saturated carbocycles. The van der Waals surface area contributed by atoms with Crippen molar-refractivity contribution in [2.45, 2.75) is 19.5 Å². The highest BCUT2D eigenvalue weighted by Gasteiger charge is 2.36. The number of hydrogen-bond donors (Lipinski definition) is 0. The summed E-state index contributed by atoms with van der Waals surface area (Å²) in [4.78, 5) is 11.3. The molecule has 94 valence electrons. The summed E-state index contributed by atoms with van der Waals surface area (Å²) < 4.78 is 54.9. The van der Waals surface area contributed by atoms with E-state index in [9.17, 15) is 22.4 Å². The first kappa shape index (κ1) is 13.5. The van der Waals surface area contributed by atoms with Crippen LogP contribution in [0.2, 0.25) is 0 Å². The Morgan fingerprint density at radius 2 is 2.00 bits per heavy atom. The molecule has 0 unspecified atom stereocenters. The van der Waals surface area contributed by atoms with Gasteiger partial charge in [0.2, 0.25) is 0 Å². The van der Waals surface area contributed by atoms with E-state index in [1.54, 1.807) is 6.92 Å². The van der Waals surface area contributed by atoms with Crippen LogP contribution in [0.3, 0.4) is 0 Å². The van der Waals surface area contributed by atoms with Gasteiger partial charge in [0.25, 0.3) is 0 Å². The zero-order valence-electron chi connectivity index (χ0n) is 8.97. The minimum atomic E-state index is -4.79. The van der Waals surface area contributed by atoms with E-state index in [0.29, 0.717) is 6.42 Å². The predicted octanol–water partition coefficient (Wildman–Crippen LogP) is 3.41. The first-order valence-electron chi connectivity index (χ1n) is 4.90. The molecule has 0 fully saturated rings. The number of rotatable bonds is 3. The molecule has 0 N–H and O–H groups in total. The van der Waals surface area contributed by atoms with Gasteiger partial charge in [-0.05, 0) is 24.6 Å². The van der Waals surface area contributed by atoms with Crippen molar-refractivity contribution in [3.8, 4) is 0 Å². The Labute approximate surface area is 95.2 Å². The third-order valence-corrected chi connectivity index (χ3v) is 1.94. The molecule has 0 heterocycles. The zero-order valence-corrected chi connectivity index (χ0v) is 8.97. The fourth-order valence-corrected chi connectivity index (χ4v) is 1.20. The number of carbonyl (C=O) groups excluding carboxylic acids is 1. The van der Waals surface area contributed by atoms with Crippen LogP contribution in [0, 0.1) is 5.82 Å². The van der Waals surface area contributed by atoms with E-state index < -0.39 is 29.1 Å². The van der Waals surface area contributed by atoms with Gasteiger partial charge in [0.15, 0.2) is 0 Å². The number of carbonyl (C=O) groups is 1. The molecule has 17 heavy (non-hydrogen) atoms. The van der Waals surface area contributed by atoms with Crippen molar-refractivity contribution in [1.82, 2.24) is 0 Å². The highest BCUT2D eigenvalue weighted by Crippen LogP contribution is 2.32. The largest absolute Gasteiger partial charge is 0.462 e. The monoisotopic (exact) mass is 250 g/mol. The van der Waals surface area contributed by atoms with Gasteiger partial charge in [0.05, 0.1) is 17.7 Å². The zero-order chi connectivity index (χ0) is 13.1. The average molecular weight is 250 g/mol. The van der Waals surface area contributed by atoms with Crippen molar-refractivity contribution in [3.05, 3.63) is 35.1 Å². The van der Waals surface area contributed by atoms with E-state index in [0.717, 1.165) is 12.1 Å². The van der Waals surface area contributed by atoms with Gasteiger partial charge < -0.3 is 4.74 Å². The molecule has 2 nitrogen and oxygen atoms in total. The molecule has 0 aliphatic heterocycles. The first-order valence-corrected chi connectivity index (χ1v) is 4.90. The molecule has 0 saturated heterocycles. The fourth-order valence-electron chi connectivity index (χ4n) is 1.20. The molecule has 0 aliphatic carbocycles. The van der Waals surface area contributed by atoms with Gasteiger partial charge >= 0.3 is 12.1 Å². The van der Waals surface area contributed by atoms with Crippen LogP contribution in [0.15, 0.2) is 18.2 Å². The molecule has 0 spiro atoms. The lowest BCUT2D eigenvalue weighted by atomic mass is 10.1. The molecular weight excluding hydrogens is 240 g/mol. The molecule has 0 amide bonds. The number of ether oxygens (including phenoxy) is 1. The molecule has 1 aromatic carbocycles. The standard InChI is InChI=1S/C11H10F4O2/c1-2-5-17-10(16)8-4-3-7(12)6-9(8)11(13,14)15/h3-4,6H,2,5H2,1H3. The van der Waals surface area contributed by atoms with E-state index in [-0.39, 0.29) is 12.7 Å². The summed E-state index contributed by atoms with van der Waals surface area (Å²) in [7, 11) is 0. The predicted molar refractivity (Wildman–Crippen MR) is 52.0 cm³/mol. The second-order valence-corrected chi connectivity index (χ2v) is 3.32. The van der Waals surface area contributed by atoms with E-state index >= 15 is 0 Å². The third kappa shape index (κ3) is 3.44. The topological polar surface area (TPSA) is 26.3 Å². The lowest BCUT2D eigenvalue weighted by Gasteiger charge is -2.12. The van der Waals surface area contributed by atoms with E-state index in [1.807, 2.05) is 0 Å². The maximum absolute atomic E-state index is 12.7. The lowest BCUT2D eigenvalue weighted by Crippen LogP contribution is -2.15. The molecule has 0 radical (unpaired) electrons. The summed E-state index contributed by atoms with van der Waals surface area (Å²) in [6.45, 7) is 1.73. The normalized spacial score (nSPS) is 11.4. The highest BCUT2D eigenvalue weighted by atomic mass is 19.4. The lowest BCUT2D eigenvalue weighted by molar-refractivity contribution is -0.138. The summed E-state index contributed by atoms with van der Waals surface area (Å²) in [5.74, 6) is -2.15. The van der Waals surface area contributed by atoms with Crippen molar-refractivity contribution in [3.63, 3.8) is 0 Å². The maximum Gasteiger partial charge on any atom is 0.417 e. The first-order chi connectivity index (χ1) is 7.86. The van der Waals surface area contributed by atoms with Crippen molar-refractivity contribution < 1.29 is 27.1 Å². The second-order valence-electron chi connectivity index (χ2n) is 3.32. The van der Waals surface area contributed by atoms with Crippen molar-refractivity contribution in [2.24, 2.45) is 0 Å². The van der Waals surface area contributed by atoms with Gasteiger partial charge in [-0.1, -0.05) is 6.92 Å². The second kappa shape index (κ2) is 5.16. The SMILES string of the molecule is CCCOC(=O)c1ccc(F)cc1C(F)(F)F. The van der Waals surface area contributed by atoms with Crippen molar-refractivity contribution in [2.75, 3.05) is 6.61 Å². The Hall–Kier alpha value is -1.59. The molecule has 0 aliphatic rings. The maximum atomic E-state index is 12.7. The Bertz CT molecular complexity index is 412. The van der Waals surface area contributed by atoms with Crippen molar-refractivity contribution in [1.29, 1.82) is 0 Å². The molecule has 0 bridgehead atoms. The van der Waals surface area contributed by atoms with Crippen LogP contribution in [0.1, 0.15) is 29.3 Å². The van der Waals surface area contributed by atoms with Crippen LogP contribution in [-0.4, -0.2) is 12.6 Å². The van der Waals surface area contributed by atoms with Gasteiger partial charge in [-0.25, -0.2) is 9.18 Å². The quantitative estimate of drug-likeness (QED) is 0.607. The van der Waals surface area contributed by atoms with Gasteiger partial charge in [0.1, 0.15) is 5.82 Å². The fraction of sp³-hybridized carbons (Fsp3) is 0.364. The Morgan fingerprint density at radius 3 is 2.53 bits per heavy atom. The van der Waals surface area contributed by atoms with Gasteiger partial charge in [-0.2, -0.15) is 13.2 Å². The van der Waals surface area contributed by atoms with Crippen LogP contribution in [0.25, 0.3) is 0 Å². The summed E-state index contributed by atoms with van der Waals surface area (Å²) in [6, 6.07) is 1.84. The summed E-state index contributed by atoms with van der Waals surface area (Å²) in [6.07, 6.45) is -4.29.